The Morgan fingerprint density at radius 2 is 2.06 bits per heavy atom. The lowest BCUT2D eigenvalue weighted by molar-refractivity contribution is 0.395. The van der Waals surface area contributed by atoms with Gasteiger partial charge >= 0.3 is 0 Å². The second kappa shape index (κ2) is 3.98. The molecule has 2 aliphatic rings. The maximum atomic E-state index is 13.3. The van der Waals surface area contributed by atoms with Crippen LogP contribution in [0.2, 0.25) is 0 Å². The molecule has 92 valence electrons. The largest absolute Gasteiger partial charge is 0.496 e. The van der Waals surface area contributed by atoms with Crippen LogP contribution < -0.4 is 10.5 Å². The minimum absolute atomic E-state index is 0.0732. The zero-order chi connectivity index (χ0) is 12.0. The molecule has 2 fully saturated rings. The number of ether oxygens (including phenoxy) is 1. The molecule has 17 heavy (non-hydrogen) atoms. The molecule has 0 saturated heterocycles. The Kier molecular flexibility index (Phi) is 2.58. The number of methoxy groups -OCH3 is 1. The van der Waals surface area contributed by atoms with Crippen LogP contribution in [0.4, 0.5) is 4.39 Å². The van der Waals surface area contributed by atoms with Crippen molar-refractivity contribution in [1.29, 1.82) is 0 Å². The lowest BCUT2D eigenvalue weighted by Crippen LogP contribution is -2.16. The van der Waals surface area contributed by atoms with Crippen molar-refractivity contribution < 1.29 is 9.13 Å². The molecule has 0 radical (unpaired) electrons. The lowest BCUT2D eigenvalue weighted by atomic mass is 9.97. The average Bonchev–Trinajstić information content (AvgIpc) is 2.81. The Hall–Kier alpha value is -1.09. The van der Waals surface area contributed by atoms with Gasteiger partial charge in [0.2, 0.25) is 0 Å². The third-order valence-corrected chi connectivity index (χ3v) is 4.44. The standard InChI is InChI=1S/C14H18FNO/c1-17-12-6-5-8(15)7-11(12)14(16)13-9-3-2-4-10(9)13/h5-7,9-10,13-14H,2-4,16H2,1H3. The number of benzene rings is 1. The van der Waals surface area contributed by atoms with Gasteiger partial charge in [-0.1, -0.05) is 6.42 Å². The van der Waals surface area contributed by atoms with Gasteiger partial charge in [-0.3, -0.25) is 0 Å². The predicted octanol–water partition coefficient (Wildman–Crippen LogP) is 2.88. The van der Waals surface area contributed by atoms with Crippen LogP contribution in [-0.4, -0.2) is 7.11 Å². The van der Waals surface area contributed by atoms with E-state index in [4.69, 9.17) is 10.5 Å². The van der Waals surface area contributed by atoms with Crippen LogP contribution >= 0.6 is 0 Å². The molecule has 3 rings (SSSR count). The van der Waals surface area contributed by atoms with E-state index in [1.807, 2.05) is 0 Å². The fourth-order valence-corrected chi connectivity index (χ4v) is 3.58. The summed E-state index contributed by atoms with van der Waals surface area (Å²) < 4.78 is 18.6. The number of hydrogen-bond acceptors (Lipinski definition) is 2. The highest BCUT2D eigenvalue weighted by molar-refractivity contribution is 5.38. The molecular weight excluding hydrogens is 217 g/mol. The highest BCUT2D eigenvalue weighted by Crippen LogP contribution is 2.62. The van der Waals surface area contributed by atoms with Crippen LogP contribution in [0.25, 0.3) is 0 Å². The molecule has 0 amide bonds. The molecule has 3 atom stereocenters. The monoisotopic (exact) mass is 235 g/mol. The van der Waals surface area contributed by atoms with Crippen molar-refractivity contribution in [1.82, 2.24) is 0 Å². The number of rotatable bonds is 3. The van der Waals surface area contributed by atoms with E-state index in [-0.39, 0.29) is 11.9 Å². The Bertz CT molecular complexity index is 424. The van der Waals surface area contributed by atoms with E-state index in [1.165, 1.54) is 31.4 Å². The molecule has 0 aliphatic heterocycles. The molecule has 2 saturated carbocycles. The van der Waals surface area contributed by atoms with Crippen LogP contribution in [0.3, 0.4) is 0 Å². The van der Waals surface area contributed by atoms with E-state index in [2.05, 4.69) is 0 Å². The highest BCUT2D eigenvalue weighted by atomic mass is 19.1. The lowest BCUT2D eigenvalue weighted by Gasteiger charge is -2.17. The molecule has 0 bridgehead atoms. The van der Waals surface area contributed by atoms with Crippen LogP contribution in [0.5, 0.6) is 5.75 Å². The van der Waals surface area contributed by atoms with E-state index in [0.717, 1.165) is 17.4 Å². The smallest absolute Gasteiger partial charge is 0.123 e. The summed E-state index contributed by atoms with van der Waals surface area (Å²) in [5.41, 5.74) is 7.12. The van der Waals surface area contributed by atoms with Crippen LogP contribution in [0, 0.1) is 23.6 Å². The van der Waals surface area contributed by atoms with Crippen molar-refractivity contribution in [2.24, 2.45) is 23.5 Å². The van der Waals surface area contributed by atoms with Gasteiger partial charge in [-0.2, -0.15) is 0 Å². The first-order valence-electron chi connectivity index (χ1n) is 6.31. The Morgan fingerprint density at radius 3 is 2.71 bits per heavy atom. The van der Waals surface area contributed by atoms with Crippen molar-refractivity contribution in [3.8, 4) is 5.75 Å². The van der Waals surface area contributed by atoms with Gasteiger partial charge in [0.1, 0.15) is 11.6 Å². The molecule has 2 nitrogen and oxygen atoms in total. The fourth-order valence-electron chi connectivity index (χ4n) is 3.58. The number of nitrogens with two attached hydrogens (primary N) is 1. The SMILES string of the molecule is COc1ccc(F)cc1C(N)C1C2CCCC21. The van der Waals surface area contributed by atoms with Crippen LogP contribution in [0.15, 0.2) is 18.2 Å². The maximum absolute atomic E-state index is 13.3. The minimum Gasteiger partial charge on any atom is -0.496 e. The van der Waals surface area contributed by atoms with Gasteiger partial charge in [-0.25, -0.2) is 4.39 Å². The first-order valence-corrected chi connectivity index (χ1v) is 6.31. The molecule has 0 aromatic heterocycles. The second-order valence-electron chi connectivity index (χ2n) is 5.25. The highest BCUT2D eigenvalue weighted by Gasteiger charge is 2.55. The number of fused-ring (bicyclic) bond motifs is 1. The molecule has 1 aromatic rings. The summed E-state index contributed by atoms with van der Waals surface area (Å²) in [4.78, 5) is 0. The summed E-state index contributed by atoms with van der Waals surface area (Å²) in [7, 11) is 1.61. The second-order valence-corrected chi connectivity index (χ2v) is 5.25. The number of hydrogen-bond donors (Lipinski definition) is 1. The summed E-state index contributed by atoms with van der Waals surface area (Å²) in [6.07, 6.45) is 3.92. The Balaban J connectivity index is 1.85. The van der Waals surface area contributed by atoms with Crippen molar-refractivity contribution in [3.63, 3.8) is 0 Å². The third-order valence-electron chi connectivity index (χ3n) is 4.44. The minimum atomic E-state index is -0.234. The van der Waals surface area contributed by atoms with E-state index in [9.17, 15) is 4.39 Å². The van der Waals surface area contributed by atoms with Gasteiger partial charge < -0.3 is 10.5 Å². The van der Waals surface area contributed by atoms with Gasteiger partial charge in [0.15, 0.2) is 0 Å². The molecule has 0 heterocycles. The average molecular weight is 235 g/mol. The van der Waals surface area contributed by atoms with E-state index in [0.29, 0.717) is 11.7 Å². The molecule has 2 N–H and O–H groups in total. The zero-order valence-corrected chi connectivity index (χ0v) is 10.0. The topological polar surface area (TPSA) is 35.2 Å². The van der Waals surface area contributed by atoms with Crippen LogP contribution in [-0.2, 0) is 0 Å². The van der Waals surface area contributed by atoms with Crippen molar-refractivity contribution in [2.75, 3.05) is 7.11 Å². The van der Waals surface area contributed by atoms with Crippen molar-refractivity contribution in [2.45, 2.75) is 25.3 Å². The normalized spacial score (nSPS) is 32.1. The van der Waals surface area contributed by atoms with E-state index < -0.39 is 0 Å². The maximum Gasteiger partial charge on any atom is 0.123 e. The molecule has 3 heteroatoms. The van der Waals surface area contributed by atoms with Gasteiger partial charge in [-0.15, -0.1) is 0 Å². The van der Waals surface area contributed by atoms with Gasteiger partial charge in [-0.05, 0) is 48.8 Å². The molecule has 1 aromatic carbocycles. The summed E-state index contributed by atoms with van der Waals surface area (Å²) >= 11 is 0. The summed E-state index contributed by atoms with van der Waals surface area (Å²) in [5, 5.41) is 0. The van der Waals surface area contributed by atoms with Gasteiger partial charge in [0.25, 0.3) is 0 Å². The van der Waals surface area contributed by atoms with Crippen molar-refractivity contribution >= 4 is 0 Å². The first-order chi connectivity index (χ1) is 8.22. The first kappa shape index (κ1) is 11.0. The molecule has 3 unspecified atom stereocenters. The summed E-state index contributed by atoms with van der Waals surface area (Å²) in [5.74, 6) is 2.57. The Labute approximate surface area is 101 Å². The van der Waals surface area contributed by atoms with Crippen LogP contribution in [0.1, 0.15) is 30.9 Å². The van der Waals surface area contributed by atoms with E-state index in [1.54, 1.807) is 13.2 Å². The zero-order valence-electron chi connectivity index (χ0n) is 10.0. The predicted molar refractivity (Wildman–Crippen MR) is 64.2 cm³/mol. The van der Waals surface area contributed by atoms with Gasteiger partial charge in [0.05, 0.1) is 7.11 Å². The number of halogens is 1. The summed E-state index contributed by atoms with van der Waals surface area (Å²) in [6.45, 7) is 0. The van der Waals surface area contributed by atoms with E-state index >= 15 is 0 Å². The summed E-state index contributed by atoms with van der Waals surface area (Å²) in [6, 6.07) is 4.54. The molecular formula is C14H18FNO. The molecule has 2 aliphatic carbocycles. The third kappa shape index (κ3) is 1.73. The quantitative estimate of drug-likeness (QED) is 0.874. The van der Waals surface area contributed by atoms with Crippen molar-refractivity contribution in [3.05, 3.63) is 29.6 Å². The fraction of sp³-hybridized carbons (Fsp3) is 0.571. The van der Waals surface area contributed by atoms with Gasteiger partial charge in [0, 0.05) is 11.6 Å². The molecule has 0 spiro atoms. The Morgan fingerprint density at radius 1 is 1.35 bits per heavy atom.